The molecule has 2 unspecified atom stereocenters. The van der Waals surface area contributed by atoms with Crippen LogP contribution in [0.2, 0.25) is 0 Å². The Hall–Kier alpha value is -1.10. The molecule has 1 aliphatic rings. The maximum atomic E-state index is 10.4. The van der Waals surface area contributed by atoms with Crippen molar-refractivity contribution in [2.75, 3.05) is 26.4 Å². The molecule has 0 radical (unpaired) electrons. The van der Waals surface area contributed by atoms with Crippen molar-refractivity contribution in [1.29, 1.82) is 0 Å². The molecule has 18 heavy (non-hydrogen) atoms. The minimum absolute atomic E-state index is 0.320. The molecule has 100 valence electrons. The first-order chi connectivity index (χ1) is 8.72. The molecular formula is C14H20O4. The van der Waals surface area contributed by atoms with Crippen molar-refractivity contribution >= 4 is 0 Å². The van der Waals surface area contributed by atoms with Crippen LogP contribution in [0.15, 0.2) is 18.2 Å². The van der Waals surface area contributed by atoms with Gasteiger partial charge >= 0.3 is 0 Å². The van der Waals surface area contributed by atoms with Crippen LogP contribution in [-0.4, -0.2) is 37.6 Å². The number of hydrogen-bond acceptors (Lipinski definition) is 4. The predicted octanol–water partition coefficient (Wildman–Crippen LogP) is 1.84. The van der Waals surface area contributed by atoms with E-state index < -0.39 is 6.10 Å². The lowest BCUT2D eigenvalue weighted by Crippen LogP contribution is -2.34. The Balaban J connectivity index is 2.21. The van der Waals surface area contributed by atoms with E-state index in [0.29, 0.717) is 32.2 Å². The van der Waals surface area contributed by atoms with Crippen LogP contribution < -0.4 is 4.74 Å². The first-order valence-corrected chi connectivity index (χ1v) is 6.33. The molecule has 1 fully saturated rings. The molecule has 0 aromatic heterocycles. The van der Waals surface area contributed by atoms with Crippen molar-refractivity contribution in [3.63, 3.8) is 0 Å². The number of benzene rings is 1. The van der Waals surface area contributed by atoms with Crippen molar-refractivity contribution in [2.45, 2.75) is 26.1 Å². The zero-order chi connectivity index (χ0) is 13.0. The van der Waals surface area contributed by atoms with Crippen LogP contribution in [0.25, 0.3) is 0 Å². The molecule has 0 spiro atoms. The molecule has 0 amide bonds. The smallest absolute Gasteiger partial charge is 0.125 e. The van der Waals surface area contributed by atoms with E-state index >= 15 is 0 Å². The SMILES string of the molecule is CCOc1ccc(C)cc1C(O)C1COCCO1. The summed E-state index contributed by atoms with van der Waals surface area (Å²) in [6.07, 6.45) is -1.04. The molecule has 1 N–H and O–H groups in total. The van der Waals surface area contributed by atoms with Gasteiger partial charge in [-0.2, -0.15) is 0 Å². The van der Waals surface area contributed by atoms with Gasteiger partial charge in [0.2, 0.25) is 0 Å². The first-order valence-electron chi connectivity index (χ1n) is 6.33. The average Bonchev–Trinajstić information content (AvgIpc) is 2.41. The lowest BCUT2D eigenvalue weighted by Gasteiger charge is -2.28. The fourth-order valence-electron chi connectivity index (χ4n) is 2.07. The normalized spacial score (nSPS) is 21.6. The van der Waals surface area contributed by atoms with Gasteiger partial charge in [-0.25, -0.2) is 0 Å². The zero-order valence-corrected chi connectivity index (χ0v) is 10.9. The van der Waals surface area contributed by atoms with Gasteiger partial charge in [0, 0.05) is 5.56 Å². The van der Waals surface area contributed by atoms with Crippen LogP contribution >= 0.6 is 0 Å². The highest BCUT2D eigenvalue weighted by molar-refractivity contribution is 5.39. The Morgan fingerprint density at radius 1 is 1.44 bits per heavy atom. The highest BCUT2D eigenvalue weighted by atomic mass is 16.6. The summed E-state index contributed by atoms with van der Waals surface area (Å²) >= 11 is 0. The fourth-order valence-corrected chi connectivity index (χ4v) is 2.07. The molecule has 2 rings (SSSR count). The Kier molecular flexibility index (Phi) is 4.58. The van der Waals surface area contributed by atoms with Crippen LogP contribution in [-0.2, 0) is 9.47 Å². The summed E-state index contributed by atoms with van der Waals surface area (Å²) < 4.78 is 16.4. The topological polar surface area (TPSA) is 47.9 Å². The van der Waals surface area contributed by atoms with E-state index in [1.54, 1.807) is 0 Å². The Labute approximate surface area is 107 Å². The van der Waals surface area contributed by atoms with Gasteiger partial charge in [-0.05, 0) is 26.0 Å². The first kappa shape index (κ1) is 13.3. The van der Waals surface area contributed by atoms with E-state index in [2.05, 4.69) is 0 Å². The zero-order valence-electron chi connectivity index (χ0n) is 10.9. The lowest BCUT2D eigenvalue weighted by molar-refractivity contribution is -0.133. The van der Waals surface area contributed by atoms with E-state index in [1.165, 1.54) is 0 Å². The van der Waals surface area contributed by atoms with Crippen LogP contribution in [0, 0.1) is 6.92 Å². The van der Waals surface area contributed by atoms with Gasteiger partial charge in [-0.1, -0.05) is 11.6 Å². The number of ether oxygens (including phenoxy) is 3. The van der Waals surface area contributed by atoms with E-state index in [9.17, 15) is 5.11 Å². The number of rotatable bonds is 4. The fraction of sp³-hybridized carbons (Fsp3) is 0.571. The second-order valence-electron chi connectivity index (χ2n) is 4.40. The van der Waals surface area contributed by atoms with Crippen molar-refractivity contribution < 1.29 is 19.3 Å². The maximum absolute atomic E-state index is 10.4. The van der Waals surface area contributed by atoms with Crippen molar-refractivity contribution in [3.05, 3.63) is 29.3 Å². The molecule has 1 aliphatic heterocycles. The van der Waals surface area contributed by atoms with E-state index in [-0.39, 0.29) is 6.10 Å². The highest BCUT2D eigenvalue weighted by Crippen LogP contribution is 2.30. The van der Waals surface area contributed by atoms with Gasteiger partial charge in [0.15, 0.2) is 0 Å². The third-order valence-corrected chi connectivity index (χ3v) is 2.98. The molecular weight excluding hydrogens is 232 g/mol. The molecule has 1 aromatic rings. The van der Waals surface area contributed by atoms with Gasteiger partial charge in [0.1, 0.15) is 18.0 Å². The van der Waals surface area contributed by atoms with Crippen LogP contribution in [0.3, 0.4) is 0 Å². The van der Waals surface area contributed by atoms with Gasteiger partial charge in [-0.3, -0.25) is 0 Å². The molecule has 0 aliphatic carbocycles. The summed E-state index contributed by atoms with van der Waals surface area (Å²) in [5.41, 5.74) is 1.86. The number of aryl methyl sites for hydroxylation is 1. The number of aliphatic hydroxyl groups excluding tert-OH is 1. The average molecular weight is 252 g/mol. The van der Waals surface area contributed by atoms with Crippen molar-refractivity contribution in [3.8, 4) is 5.75 Å². The maximum Gasteiger partial charge on any atom is 0.125 e. The molecule has 1 saturated heterocycles. The van der Waals surface area contributed by atoms with E-state index in [0.717, 1.165) is 11.1 Å². The van der Waals surface area contributed by atoms with E-state index in [4.69, 9.17) is 14.2 Å². The van der Waals surface area contributed by atoms with Gasteiger partial charge in [0.25, 0.3) is 0 Å². The van der Waals surface area contributed by atoms with E-state index in [1.807, 2.05) is 32.0 Å². The number of hydrogen-bond donors (Lipinski definition) is 1. The summed E-state index contributed by atoms with van der Waals surface area (Å²) in [5.74, 6) is 0.713. The van der Waals surface area contributed by atoms with Gasteiger partial charge < -0.3 is 19.3 Å². The van der Waals surface area contributed by atoms with Crippen molar-refractivity contribution in [2.24, 2.45) is 0 Å². The Morgan fingerprint density at radius 3 is 2.94 bits per heavy atom. The summed E-state index contributed by atoms with van der Waals surface area (Å²) in [7, 11) is 0. The van der Waals surface area contributed by atoms with Crippen molar-refractivity contribution in [1.82, 2.24) is 0 Å². The number of aliphatic hydroxyl groups is 1. The lowest BCUT2D eigenvalue weighted by atomic mass is 10.0. The Morgan fingerprint density at radius 2 is 2.28 bits per heavy atom. The van der Waals surface area contributed by atoms with Gasteiger partial charge in [0.05, 0.1) is 26.4 Å². The monoisotopic (exact) mass is 252 g/mol. The third-order valence-electron chi connectivity index (χ3n) is 2.98. The summed E-state index contributed by atoms with van der Waals surface area (Å²) in [4.78, 5) is 0. The molecule has 2 atom stereocenters. The minimum atomic E-state index is -0.716. The second-order valence-corrected chi connectivity index (χ2v) is 4.40. The molecule has 0 saturated carbocycles. The molecule has 0 bridgehead atoms. The molecule has 1 heterocycles. The van der Waals surface area contributed by atoms with Crippen LogP contribution in [0.1, 0.15) is 24.2 Å². The molecule has 4 nitrogen and oxygen atoms in total. The highest BCUT2D eigenvalue weighted by Gasteiger charge is 2.27. The second kappa shape index (κ2) is 6.18. The molecule has 1 aromatic carbocycles. The standard InChI is InChI=1S/C14H20O4/c1-3-17-12-5-4-10(2)8-11(12)14(15)13-9-16-6-7-18-13/h4-5,8,13-15H,3,6-7,9H2,1-2H3. The minimum Gasteiger partial charge on any atom is -0.493 e. The van der Waals surface area contributed by atoms with Crippen LogP contribution in [0.5, 0.6) is 5.75 Å². The molecule has 4 heteroatoms. The quantitative estimate of drug-likeness (QED) is 0.888. The Bertz CT molecular complexity index is 385. The predicted molar refractivity (Wildman–Crippen MR) is 67.9 cm³/mol. The summed E-state index contributed by atoms with van der Waals surface area (Å²) in [5, 5.41) is 10.4. The largest absolute Gasteiger partial charge is 0.493 e. The third kappa shape index (κ3) is 3.02. The summed E-state index contributed by atoms with van der Waals surface area (Å²) in [6, 6.07) is 5.80. The van der Waals surface area contributed by atoms with Gasteiger partial charge in [-0.15, -0.1) is 0 Å². The summed E-state index contributed by atoms with van der Waals surface area (Å²) in [6.45, 7) is 6.03. The van der Waals surface area contributed by atoms with Crippen LogP contribution in [0.4, 0.5) is 0 Å².